The van der Waals surface area contributed by atoms with Crippen LogP contribution >= 0.6 is 0 Å². The Morgan fingerprint density at radius 1 is 1.08 bits per heavy atom. The summed E-state index contributed by atoms with van der Waals surface area (Å²) < 4.78 is 0. The van der Waals surface area contributed by atoms with Crippen molar-refractivity contribution in [2.45, 2.75) is 6.92 Å². The van der Waals surface area contributed by atoms with Crippen LogP contribution in [0, 0.1) is 0 Å². The van der Waals surface area contributed by atoms with E-state index in [1.54, 1.807) is 0 Å². The Morgan fingerprint density at radius 2 is 1.17 bits per heavy atom. The Balaban J connectivity index is -0.0000000112. The molecule has 0 aliphatic rings. The van der Waals surface area contributed by atoms with E-state index >= 15 is 0 Å². The van der Waals surface area contributed by atoms with Gasteiger partial charge in [-0.1, -0.05) is 0 Å². The molecule has 0 saturated heterocycles. The zero-order chi connectivity index (χ0) is 6.99. The summed E-state index contributed by atoms with van der Waals surface area (Å²) in [5, 5.41) is 7.42. The molecular formula is C4H16N2Na4O2. The molecule has 58 valence electrons. The van der Waals surface area contributed by atoms with E-state index in [0.29, 0.717) is 13.1 Å². The van der Waals surface area contributed by atoms with Gasteiger partial charge >= 0.3 is 118 Å². The predicted molar refractivity (Wildman–Crippen MR) is 60.0 cm³/mol. The van der Waals surface area contributed by atoms with E-state index in [0.717, 1.165) is 6.92 Å². The van der Waals surface area contributed by atoms with Gasteiger partial charge in [-0.3, -0.25) is 4.79 Å². The van der Waals surface area contributed by atoms with Gasteiger partial charge in [-0.15, -0.1) is 0 Å². The molecule has 0 spiro atoms. The molecule has 0 aromatic carbocycles. The molecule has 0 bridgehead atoms. The summed E-state index contributed by atoms with van der Waals surface area (Å²) in [5.74, 6) is -0.833. The fraction of sp³-hybridized carbons (Fsp3) is 0.750. The van der Waals surface area contributed by atoms with Gasteiger partial charge in [-0.2, -0.15) is 0 Å². The number of hydrogen-bond acceptors (Lipinski definition) is 3. The van der Waals surface area contributed by atoms with Crippen LogP contribution in [0.25, 0.3) is 0 Å². The second kappa shape index (κ2) is 36.7. The van der Waals surface area contributed by atoms with Crippen molar-refractivity contribution in [1.82, 2.24) is 0 Å². The average Bonchev–Trinajstić information content (AvgIpc) is 1.65. The van der Waals surface area contributed by atoms with Crippen molar-refractivity contribution < 1.29 is 9.90 Å². The molecule has 0 aromatic heterocycles. The van der Waals surface area contributed by atoms with Crippen LogP contribution in [0.4, 0.5) is 0 Å². The number of carbonyl (C=O) groups is 1. The number of hydrogen-bond donors (Lipinski definition) is 3. The van der Waals surface area contributed by atoms with Gasteiger partial charge in [0.15, 0.2) is 0 Å². The number of nitrogens with two attached hydrogens (primary N) is 2. The molecule has 0 unspecified atom stereocenters. The molecule has 0 saturated carbocycles. The minimum absolute atomic E-state index is 0. The van der Waals surface area contributed by atoms with E-state index < -0.39 is 5.97 Å². The second-order valence-electron chi connectivity index (χ2n) is 1.10. The van der Waals surface area contributed by atoms with Crippen molar-refractivity contribution in [2.75, 3.05) is 13.1 Å². The monoisotopic (exact) mass is 216 g/mol. The second-order valence-corrected chi connectivity index (χ2v) is 1.10. The van der Waals surface area contributed by atoms with Gasteiger partial charge in [0, 0.05) is 20.0 Å². The van der Waals surface area contributed by atoms with Crippen LogP contribution in [0.1, 0.15) is 6.92 Å². The van der Waals surface area contributed by atoms with E-state index in [-0.39, 0.29) is 118 Å². The number of carboxylic acid groups (broad SMARTS) is 1. The Bertz CT molecular complexity index is 61.0. The van der Waals surface area contributed by atoms with E-state index in [9.17, 15) is 0 Å². The Labute approximate surface area is 162 Å². The van der Waals surface area contributed by atoms with E-state index in [1.807, 2.05) is 0 Å². The van der Waals surface area contributed by atoms with Crippen LogP contribution in [-0.4, -0.2) is 142 Å². The van der Waals surface area contributed by atoms with Gasteiger partial charge in [-0.05, 0) is 0 Å². The molecule has 0 amide bonds. The molecule has 0 atom stereocenters. The first kappa shape index (κ1) is 36.1. The Morgan fingerprint density at radius 3 is 1.17 bits per heavy atom. The summed E-state index contributed by atoms with van der Waals surface area (Å²) in [4.78, 5) is 9.00. The molecular weight excluding hydrogens is 200 g/mol. The first-order valence-electron chi connectivity index (χ1n) is 2.24. The molecule has 0 radical (unpaired) electrons. The predicted octanol–water partition coefficient (Wildman–Crippen LogP) is -3.60. The van der Waals surface area contributed by atoms with Crippen LogP contribution < -0.4 is 11.5 Å². The quantitative estimate of drug-likeness (QED) is 0.395. The van der Waals surface area contributed by atoms with Crippen molar-refractivity contribution in [3.63, 3.8) is 0 Å². The van der Waals surface area contributed by atoms with Crippen molar-refractivity contribution in [3.05, 3.63) is 0 Å². The van der Waals surface area contributed by atoms with Gasteiger partial charge in [0.2, 0.25) is 0 Å². The molecule has 5 N–H and O–H groups in total. The van der Waals surface area contributed by atoms with E-state index in [4.69, 9.17) is 21.4 Å². The van der Waals surface area contributed by atoms with Crippen LogP contribution in [0.3, 0.4) is 0 Å². The van der Waals surface area contributed by atoms with Crippen LogP contribution in [0.15, 0.2) is 0 Å². The summed E-state index contributed by atoms with van der Waals surface area (Å²) in [6.07, 6.45) is 0. The van der Waals surface area contributed by atoms with E-state index in [2.05, 4.69) is 0 Å². The normalized spacial score (nSPS) is 4.58. The van der Waals surface area contributed by atoms with Crippen molar-refractivity contribution >= 4 is 124 Å². The van der Waals surface area contributed by atoms with Crippen molar-refractivity contribution in [3.8, 4) is 0 Å². The molecule has 0 aromatic rings. The van der Waals surface area contributed by atoms with Gasteiger partial charge in [0.1, 0.15) is 0 Å². The molecule has 4 nitrogen and oxygen atoms in total. The maximum atomic E-state index is 9.00. The maximum absolute atomic E-state index is 9.00. The number of rotatable bonds is 1. The summed E-state index contributed by atoms with van der Waals surface area (Å²) in [5.41, 5.74) is 9.81. The zero-order valence-corrected chi connectivity index (χ0v) is 4.92. The van der Waals surface area contributed by atoms with Crippen LogP contribution in [-0.2, 0) is 4.79 Å². The van der Waals surface area contributed by atoms with Gasteiger partial charge in [-0.25, -0.2) is 0 Å². The Hall–Kier alpha value is 3.39. The van der Waals surface area contributed by atoms with Crippen molar-refractivity contribution in [1.29, 1.82) is 0 Å². The fourth-order valence-corrected chi connectivity index (χ4v) is 0. The van der Waals surface area contributed by atoms with Crippen LogP contribution in [0.5, 0.6) is 0 Å². The zero-order valence-electron chi connectivity index (χ0n) is 4.92. The number of carboxylic acids is 1. The third-order valence-corrected chi connectivity index (χ3v) is 0.167. The summed E-state index contributed by atoms with van der Waals surface area (Å²) in [6, 6.07) is 0. The van der Waals surface area contributed by atoms with E-state index in [1.165, 1.54) is 0 Å². The van der Waals surface area contributed by atoms with Crippen molar-refractivity contribution in [2.24, 2.45) is 11.5 Å². The fourth-order valence-electron chi connectivity index (χ4n) is 0. The third-order valence-electron chi connectivity index (χ3n) is 0.167. The SMILES string of the molecule is CC(=O)O.NCCN.[NaH].[NaH].[NaH].[NaH]. The summed E-state index contributed by atoms with van der Waals surface area (Å²) >= 11 is 0. The molecule has 8 heteroatoms. The third kappa shape index (κ3) is 107. The first-order valence-corrected chi connectivity index (χ1v) is 2.24. The average molecular weight is 216 g/mol. The minimum atomic E-state index is -0.833. The molecule has 0 heterocycles. The molecule has 0 aliphatic carbocycles. The summed E-state index contributed by atoms with van der Waals surface area (Å²) in [7, 11) is 0. The molecule has 0 rings (SSSR count). The number of aliphatic carboxylic acids is 1. The molecule has 0 fully saturated rings. The topological polar surface area (TPSA) is 89.3 Å². The molecule has 0 aliphatic heterocycles. The van der Waals surface area contributed by atoms with Gasteiger partial charge in [0.05, 0.1) is 0 Å². The van der Waals surface area contributed by atoms with Gasteiger partial charge < -0.3 is 16.6 Å². The first-order chi connectivity index (χ1) is 3.65. The Kier molecular flexibility index (Phi) is 110. The standard InChI is InChI=1S/C2H8N2.C2H4O2.4Na.4H/c3-1-2-4;1-2(3)4;;;;;;;;/h1-4H2;1H3,(H,3,4);;;;;;;;. The summed E-state index contributed by atoms with van der Waals surface area (Å²) in [6.45, 7) is 2.28. The van der Waals surface area contributed by atoms with Crippen LogP contribution in [0.2, 0.25) is 0 Å². The molecule has 12 heavy (non-hydrogen) atoms. The van der Waals surface area contributed by atoms with Gasteiger partial charge in [0.25, 0.3) is 5.97 Å².